The molecule has 0 heterocycles. The van der Waals surface area contributed by atoms with Gasteiger partial charge in [0.2, 0.25) is 0 Å². The van der Waals surface area contributed by atoms with Gasteiger partial charge >= 0.3 is 0 Å². The van der Waals surface area contributed by atoms with Crippen molar-refractivity contribution in [3.8, 4) is 5.75 Å². The van der Waals surface area contributed by atoms with Crippen LogP contribution in [0.25, 0.3) is 0 Å². The van der Waals surface area contributed by atoms with Crippen LogP contribution in [0.3, 0.4) is 0 Å². The summed E-state index contributed by atoms with van der Waals surface area (Å²) < 4.78 is 32.2. The molecule has 6 heteroatoms. The zero-order valence-corrected chi connectivity index (χ0v) is 12.6. The Morgan fingerprint density at radius 3 is 2.52 bits per heavy atom. The second kappa shape index (κ2) is 7.69. The number of hydrogen-bond acceptors (Lipinski definition) is 3. The number of carbonyl (C=O) groups is 1. The summed E-state index contributed by atoms with van der Waals surface area (Å²) in [6.45, 7) is 1.54. The first-order valence-electron chi connectivity index (χ1n) is 7.08. The minimum absolute atomic E-state index is 0.126. The molecule has 0 bridgehead atoms. The Labute approximate surface area is 132 Å². The minimum atomic E-state index is -0.718. The van der Waals surface area contributed by atoms with Gasteiger partial charge in [-0.3, -0.25) is 4.79 Å². The van der Waals surface area contributed by atoms with Crippen molar-refractivity contribution in [1.82, 2.24) is 5.32 Å². The summed E-state index contributed by atoms with van der Waals surface area (Å²) in [5.74, 6) is -1.40. The molecule has 0 spiro atoms. The number of ether oxygens (including phenoxy) is 1. The van der Waals surface area contributed by atoms with E-state index < -0.39 is 17.8 Å². The molecule has 2 aromatic carbocycles. The van der Waals surface area contributed by atoms with Gasteiger partial charge < -0.3 is 15.2 Å². The van der Waals surface area contributed by atoms with Crippen LogP contribution in [0.4, 0.5) is 8.78 Å². The molecule has 0 saturated heterocycles. The highest BCUT2D eigenvalue weighted by molar-refractivity contribution is 5.94. The third kappa shape index (κ3) is 4.75. The fourth-order valence-corrected chi connectivity index (χ4v) is 1.86. The molecule has 4 nitrogen and oxygen atoms in total. The van der Waals surface area contributed by atoms with Gasteiger partial charge in [-0.15, -0.1) is 0 Å². The first kappa shape index (κ1) is 16.9. The van der Waals surface area contributed by atoms with Gasteiger partial charge in [0, 0.05) is 12.1 Å². The van der Waals surface area contributed by atoms with Gasteiger partial charge in [0.15, 0.2) is 0 Å². The Hall–Kier alpha value is -2.47. The maximum Gasteiger partial charge on any atom is 0.254 e. The smallest absolute Gasteiger partial charge is 0.254 e. The normalized spacial score (nSPS) is 11.8. The molecule has 2 aromatic rings. The molecule has 1 atom stereocenters. The van der Waals surface area contributed by atoms with Crippen molar-refractivity contribution in [2.45, 2.75) is 19.6 Å². The van der Waals surface area contributed by atoms with Crippen LogP contribution < -0.4 is 10.1 Å². The van der Waals surface area contributed by atoms with Crippen LogP contribution >= 0.6 is 0 Å². The monoisotopic (exact) mass is 321 g/mol. The average molecular weight is 321 g/mol. The zero-order valence-electron chi connectivity index (χ0n) is 12.6. The molecule has 0 radical (unpaired) electrons. The Kier molecular flexibility index (Phi) is 5.65. The van der Waals surface area contributed by atoms with E-state index in [0.717, 1.165) is 11.6 Å². The number of amides is 1. The highest BCUT2D eigenvalue weighted by atomic mass is 19.1. The van der Waals surface area contributed by atoms with Gasteiger partial charge in [0.25, 0.3) is 5.91 Å². The van der Waals surface area contributed by atoms with Gasteiger partial charge in [-0.05, 0) is 36.8 Å². The lowest BCUT2D eigenvalue weighted by Gasteiger charge is -2.12. The number of rotatable bonds is 6. The molecule has 0 aliphatic heterocycles. The lowest BCUT2D eigenvalue weighted by atomic mass is 10.1. The molecule has 0 saturated carbocycles. The molecule has 0 aromatic heterocycles. The first-order valence-corrected chi connectivity index (χ1v) is 7.08. The van der Waals surface area contributed by atoms with E-state index >= 15 is 0 Å². The SMILES string of the molecule is CC(CO)NC(=O)c1ccc(OCc2ccc(F)cc2)cc1F. The minimum Gasteiger partial charge on any atom is -0.489 e. The lowest BCUT2D eigenvalue weighted by Crippen LogP contribution is -2.35. The van der Waals surface area contributed by atoms with Gasteiger partial charge in [0.05, 0.1) is 12.2 Å². The van der Waals surface area contributed by atoms with Crippen molar-refractivity contribution >= 4 is 5.91 Å². The van der Waals surface area contributed by atoms with Crippen LogP contribution in [-0.2, 0) is 6.61 Å². The molecule has 122 valence electrons. The van der Waals surface area contributed by atoms with Crippen molar-refractivity contribution in [2.75, 3.05) is 6.61 Å². The number of benzene rings is 2. The van der Waals surface area contributed by atoms with Gasteiger partial charge in [-0.1, -0.05) is 12.1 Å². The van der Waals surface area contributed by atoms with Gasteiger partial charge in [0.1, 0.15) is 24.0 Å². The summed E-state index contributed by atoms with van der Waals surface area (Å²) in [4.78, 5) is 11.8. The van der Waals surface area contributed by atoms with Crippen molar-refractivity contribution in [3.05, 3.63) is 65.2 Å². The van der Waals surface area contributed by atoms with E-state index in [0.29, 0.717) is 0 Å². The molecular weight excluding hydrogens is 304 g/mol. The summed E-state index contributed by atoms with van der Waals surface area (Å²) in [6.07, 6.45) is 0. The molecule has 23 heavy (non-hydrogen) atoms. The number of aliphatic hydroxyl groups excluding tert-OH is 1. The van der Waals surface area contributed by atoms with E-state index in [-0.39, 0.29) is 30.3 Å². The third-order valence-corrected chi connectivity index (χ3v) is 3.16. The molecule has 0 aliphatic rings. The predicted molar refractivity (Wildman–Crippen MR) is 81.1 cm³/mol. The van der Waals surface area contributed by atoms with E-state index in [1.54, 1.807) is 19.1 Å². The van der Waals surface area contributed by atoms with Crippen LogP contribution in [0, 0.1) is 11.6 Å². The average Bonchev–Trinajstić information content (AvgIpc) is 2.54. The molecular formula is C17H17F2NO3. The van der Waals surface area contributed by atoms with E-state index in [1.165, 1.54) is 24.3 Å². The molecule has 1 unspecified atom stereocenters. The van der Waals surface area contributed by atoms with Crippen LogP contribution in [0.5, 0.6) is 5.75 Å². The van der Waals surface area contributed by atoms with Crippen molar-refractivity contribution in [3.63, 3.8) is 0 Å². The van der Waals surface area contributed by atoms with E-state index in [9.17, 15) is 13.6 Å². The van der Waals surface area contributed by atoms with Crippen LogP contribution in [0.15, 0.2) is 42.5 Å². The van der Waals surface area contributed by atoms with Crippen molar-refractivity contribution < 1.29 is 23.4 Å². The van der Waals surface area contributed by atoms with Crippen molar-refractivity contribution in [2.24, 2.45) is 0 Å². The predicted octanol–water partition coefficient (Wildman–Crippen LogP) is 2.65. The van der Waals surface area contributed by atoms with E-state index in [1.807, 2.05) is 0 Å². The molecule has 0 aliphatic carbocycles. The fraction of sp³-hybridized carbons (Fsp3) is 0.235. The van der Waals surface area contributed by atoms with Crippen LogP contribution in [-0.4, -0.2) is 23.7 Å². The van der Waals surface area contributed by atoms with Crippen molar-refractivity contribution in [1.29, 1.82) is 0 Å². The van der Waals surface area contributed by atoms with E-state index in [2.05, 4.69) is 5.32 Å². The second-order valence-electron chi connectivity index (χ2n) is 5.11. The maximum atomic E-state index is 14.0. The van der Waals surface area contributed by atoms with Gasteiger partial charge in [-0.2, -0.15) is 0 Å². The fourth-order valence-electron chi connectivity index (χ4n) is 1.86. The number of hydrogen-bond donors (Lipinski definition) is 2. The summed E-state index contributed by atoms with van der Waals surface area (Å²) in [6, 6.07) is 9.22. The Morgan fingerprint density at radius 1 is 1.22 bits per heavy atom. The molecule has 2 N–H and O–H groups in total. The Bertz CT molecular complexity index is 674. The number of carbonyl (C=O) groups excluding carboxylic acids is 1. The number of halogens is 2. The Balaban J connectivity index is 2.01. The van der Waals surface area contributed by atoms with Crippen LogP contribution in [0.1, 0.15) is 22.8 Å². The maximum absolute atomic E-state index is 14.0. The van der Waals surface area contributed by atoms with Crippen LogP contribution in [0.2, 0.25) is 0 Å². The lowest BCUT2D eigenvalue weighted by molar-refractivity contribution is 0.0918. The second-order valence-corrected chi connectivity index (χ2v) is 5.11. The summed E-state index contributed by atoms with van der Waals surface area (Å²) in [5.41, 5.74) is 0.616. The quantitative estimate of drug-likeness (QED) is 0.860. The summed E-state index contributed by atoms with van der Waals surface area (Å²) in [7, 11) is 0. The highest BCUT2D eigenvalue weighted by Gasteiger charge is 2.14. The topological polar surface area (TPSA) is 58.6 Å². The van der Waals surface area contributed by atoms with Gasteiger partial charge in [-0.25, -0.2) is 8.78 Å². The largest absolute Gasteiger partial charge is 0.489 e. The molecule has 0 fully saturated rings. The first-order chi connectivity index (χ1) is 11.0. The zero-order chi connectivity index (χ0) is 16.8. The summed E-state index contributed by atoms with van der Waals surface area (Å²) in [5, 5.41) is 11.4. The molecule has 2 rings (SSSR count). The number of aliphatic hydroxyl groups is 1. The molecule has 1 amide bonds. The third-order valence-electron chi connectivity index (χ3n) is 3.16. The summed E-state index contributed by atoms with van der Waals surface area (Å²) >= 11 is 0. The highest BCUT2D eigenvalue weighted by Crippen LogP contribution is 2.18. The van der Waals surface area contributed by atoms with E-state index in [4.69, 9.17) is 9.84 Å². The Morgan fingerprint density at radius 2 is 1.91 bits per heavy atom. The number of nitrogens with one attached hydrogen (secondary N) is 1. The standard InChI is InChI=1S/C17H17F2NO3/c1-11(9-21)20-17(22)15-7-6-14(8-16(15)19)23-10-12-2-4-13(18)5-3-12/h2-8,11,21H,9-10H2,1H3,(H,20,22).